The Morgan fingerprint density at radius 1 is 1.09 bits per heavy atom. The molecule has 32 heavy (non-hydrogen) atoms. The molecule has 0 bridgehead atoms. The number of hydrogen-bond acceptors (Lipinski definition) is 4. The lowest BCUT2D eigenvalue weighted by atomic mass is 9.85. The van der Waals surface area contributed by atoms with Crippen LogP contribution in [0.2, 0.25) is 0 Å². The highest BCUT2D eigenvalue weighted by Gasteiger charge is 2.25. The largest absolute Gasteiger partial charge is 0.486 e. The number of nitrogens with zero attached hydrogens (tertiary/aromatic N) is 1. The highest BCUT2D eigenvalue weighted by Crippen LogP contribution is 2.30. The number of carbonyl (C=O) groups is 1. The maximum atomic E-state index is 12.2. The molecule has 1 fully saturated rings. The zero-order chi connectivity index (χ0) is 21.5. The van der Waals surface area contributed by atoms with E-state index in [0.717, 1.165) is 48.6 Å². The van der Waals surface area contributed by atoms with Gasteiger partial charge < -0.3 is 25.4 Å². The second-order valence-electron chi connectivity index (χ2n) is 7.89. The topological polar surface area (TPSA) is 84.0 Å². The summed E-state index contributed by atoms with van der Waals surface area (Å²) in [7, 11) is 0. The molecule has 8 heteroatoms. The Labute approximate surface area is 206 Å². The molecule has 172 valence electrons. The molecule has 1 unspecified atom stereocenters. The highest BCUT2D eigenvalue weighted by atomic mass is 127. The van der Waals surface area contributed by atoms with Crippen molar-refractivity contribution in [3.05, 3.63) is 54.1 Å². The smallest absolute Gasteiger partial charge is 0.227 e. The van der Waals surface area contributed by atoms with E-state index in [1.165, 1.54) is 0 Å². The first-order valence-electron chi connectivity index (χ1n) is 11.0. The van der Waals surface area contributed by atoms with E-state index in [2.05, 4.69) is 20.9 Å². The zero-order valence-electron chi connectivity index (χ0n) is 18.3. The van der Waals surface area contributed by atoms with Gasteiger partial charge in [0.05, 0.1) is 13.1 Å². The minimum atomic E-state index is -0.0937. The van der Waals surface area contributed by atoms with Crippen LogP contribution < -0.4 is 25.4 Å². The van der Waals surface area contributed by atoms with Crippen molar-refractivity contribution >= 4 is 41.5 Å². The summed E-state index contributed by atoms with van der Waals surface area (Å²) in [4.78, 5) is 16.9. The number of rotatable bonds is 7. The van der Waals surface area contributed by atoms with Gasteiger partial charge in [0.1, 0.15) is 12.7 Å². The van der Waals surface area contributed by atoms with Gasteiger partial charge in [-0.3, -0.25) is 4.79 Å². The number of aliphatic imine (C=N–C) groups is 1. The molecular formula is C24H31IN4O3. The van der Waals surface area contributed by atoms with Crippen LogP contribution in [0.25, 0.3) is 0 Å². The number of nitrogens with one attached hydrogen (secondary N) is 3. The van der Waals surface area contributed by atoms with E-state index in [0.29, 0.717) is 25.7 Å². The van der Waals surface area contributed by atoms with E-state index in [4.69, 9.17) is 9.47 Å². The van der Waals surface area contributed by atoms with Crippen molar-refractivity contribution < 1.29 is 14.3 Å². The average Bonchev–Trinajstić information content (AvgIpc) is 2.74. The van der Waals surface area contributed by atoms with Gasteiger partial charge in [0.15, 0.2) is 17.5 Å². The van der Waals surface area contributed by atoms with Crippen molar-refractivity contribution in [2.75, 3.05) is 25.0 Å². The van der Waals surface area contributed by atoms with Gasteiger partial charge in [-0.1, -0.05) is 30.7 Å². The molecular weight excluding hydrogens is 519 g/mol. The summed E-state index contributed by atoms with van der Waals surface area (Å²) in [5, 5.41) is 9.62. The number of ether oxygens (including phenoxy) is 2. The normalized spacial score (nSPS) is 17.5. The lowest BCUT2D eigenvalue weighted by molar-refractivity contribution is -0.122. The first-order chi connectivity index (χ1) is 15.2. The Morgan fingerprint density at radius 2 is 1.91 bits per heavy atom. The molecule has 7 nitrogen and oxygen atoms in total. The van der Waals surface area contributed by atoms with Crippen molar-refractivity contribution in [3.8, 4) is 11.5 Å². The van der Waals surface area contributed by atoms with E-state index < -0.39 is 0 Å². The molecule has 2 aromatic rings. The van der Waals surface area contributed by atoms with Crippen molar-refractivity contribution in [2.45, 2.75) is 38.8 Å². The SMILES string of the molecule is CCNC(=NCc1cccc(NC(=O)C2CCC2)c1)NCC1COc2ccccc2O1.I. The fraction of sp³-hybridized carbons (Fsp3) is 0.417. The number of fused-ring (bicyclic) bond motifs is 1. The first kappa shape index (κ1) is 24.2. The quantitative estimate of drug-likeness (QED) is 0.277. The minimum Gasteiger partial charge on any atom is -0.486 e. The molecule has 1 amide bonds. The zero-order valence-corrected chi connectivity index (χ0v) is 20.6. The molecule has 2 aliphatic rings. The molecule has 0 radical (unpaired) electrons. The summed E-state index contributed by atoms with van der Waals surface area (Å²) in [6, 6.07) is 15.6. The van der Waals surface area contributed by atoms with E-state index in [1.54, 1.807) is 0 Å². The highest BCUT2D eigenvalue weighted by molar-refractivity contribution is 14.0. The van der Waals surface area contributed by atoms with Gasteiger partial charge in [-0.15, -0.1) is 24.0 Å². The summed E-state index contributed by atoms with van der Waals surface area (Å²) >= 11 is 0. The number of para-hydroxylation sites is 2. The van der Waals surface area contributed by atoms with Gasteiger partial charge in [0.2, 0.25) is 5.91 Å². The molecule has 2 aromatic carbocycles. The van der Waals surface area contributed by atoms with Crippen LogP contribution in [0.3, 0.4) is 0 Å². The summed E-state index contributed by atoms with van der Waals surface area (Å²) in [5.41, 5.74) is 1.86. The number of amides is 1. The molecule has 1 heterocycles. The third-order valence-corrected chi connectivity index (χ3v) is 5.50. The summed E-state index contributed by atoms with van der Waals surface area (Å²) in [5.74, 6) is 2.56. The average molecular weight is 550 g/mol. The first-order valence-corrected chi connectivity index (χ1v) is 11.0. The fourth-order valence-electron chi connectivity index (χ4n) is 3.55. The molecule has 1 aliphatic carbocycles. The predicted molar refractivity (Wildman–Crippen MR) is 137 cm³/mol. The maximum Gasteiger partial charge on any atom is 0.227 e. The van der Waals surface area contributed by atoms with E-state index >= 15 is 0 Å². The van der Waals surface area contributed by atoms with Gasteiger partial charge in [-0.05, 0) is 49.6 Å². The van der Waals surface area contributed by atoms with E-state index in [1.807, 2.05) is 55.5 Å². The molecule has 1 atom stereocenters. The predicted octanol–water partition coefficient (Wildman–Crippen LogP) is 3.94. The molecule has 0 spiro atoms. The van der Waals surface area contributed by atoms with Gasteiger partial charge in [-0.2, -0.15) is 0 Å². The molecule has 1 aliphatic heterocycles. The molecule has 0 aromatic heterocycles. The fourth-order valence-corrected chi connectivity index (χ4v) is 3.55. The lowest BCUT2D eigenvalue weighted by Crippen LogP contribution is -2.45. The van der Waals surface area contributed by atoms with Crippen LogP contribution in [-0.2, 0) is 11.3 Å². The Morgan fingerprint density at radius 3 is 2.66 bits per heavy atom. The monoisotopic (exact) mass is 550 g/mol. The van der Waals surface area contributed by atoms with Gasteiger partial charge in [0.25, 0.3) is 0 Å². The molecule has 1 saturated carbocycles. The minimum absolute atomic E-state index is 0. The number of anilines is 1. The van der Waals surface area contributed by atoms with Gasteiger partial charge in [0, 0.05) is 18.2 Å². The van der Waals surface area contributed by atoms with Gasteiger partial charge in [-0.25, -0.2) is 4.99 Å². The molecule has 4 rings (SSSR count). The third-order valence-electron chi connectivity index (χ3n) is 5.50. The van der Waals surface area contributed by atoms with Crippen LogP contribution in [-0.4, -0.2) is 37.7 Å². The number of carbonyl (C=O) groups excluding carboxylic acids is 1. The number of hydrogen-bond donors (Lipinski definition) is 3. The lowest BCUT2D eigenvalue weighted by Gasteiger charge is -2.27. The summed E-state index contributed by atoms with van der Waals surface area (Å²) < 4.78 is 11.8. The summed E-state index contributed by atoms with van der Waals surface area (Å²) in [6.07, 6.45) is 3.05. The maximum absolute atomic E-state index is 12.2. The van der Waals surface area contributed by atoms with Crippen LogP contribution in [0.4, 0.5) is 5.69 Å². The van der Waals surface area contributed by atoms with Crippen LogP contribution in [0.5, 0.6) is 11.5 Å². The van der Waals surface area contributed by atoms with E-state index in [-0.39, 0.29) is 41.9 Å². The van der Waals surface area contributed by atoms with Crippen molar-refractivity contribution in [3.63, 3.8) is 0 Å². The van der Waals surface area contributed by atoms with Crippen LogP contribution in [0.15, 0.2) is 53.5 Å². The molecule has 0 saturated heterocycles. The Balaban J connectivity index is 0.00000289. The van der Waals surface area contributed by atoms with E-state index in [9.17, 15) is 4.79 Å². The Kier molecular flexibility index (Phi) is 9.01. The second-order valence-corrected chi connectivity index (χ2v) is 7.89. The number of benzene rings is 2. The summed E-state index contributed by atoms with van der Waals surface area (Å²) in [6.45, 7) is 4.37. The standard InChI is InChI=1S/C24H30N4O3.HI/c1-2-25-24(27-15-20-16-30-21-11-3-4-12-22(21)31-20)26-14-17-7-5-10-19(13-17)28-23(29)18-8-6-9-18;/h3-5,7,10-13,18,20H,2,6,8-9,14-16H2,1H3,(H,28,29)(H2,25,26,27);1H. The van der Waals surface area contributed by atoms with Gasteiger partial charge >= 0.3 is 0 Å². The van der Waals surface area contributed by atoms with Crippen molar-refractivity contribution in [1.29, 1.82) is 0 Å². The molecule has 3 N–H and O–H groups in total. The Hall–Kier alpha value is -2.49. The Bertz CT molecular complexity index is 933. The number of guanidine groups is 1. The van der Waals surface area contributed by atoms with Crippen LogP contribution in [0, 0.1) is 5.92 Å². The van der Waals surface area contributed by atoms with Crippen molar-refractivity contribution in [2.24, 2.45) is 10.9 Å². The second kappa shape index (κ2) is 11.9. The third kappa shape index (κ3) is 6.51. The number of halogens is 1. The van der Waals surface area contributed by atoms with Crippen LogP contribution >= 0.6 is 24.0 Å². The van der Waals surface area contributed by atoms with Crippen molar-refractivity contribution in [1.82, 2.24) is 10.6 Å². The van der Waals surface area contributed by atoms with Crippen LogP contribution in [0.1, 0.15) is 31.7 Å².